The fourth-order valence-corrected chi connectivity index (χ4v) is 3.21. The second kappa shape index (κ2) is 15.5. The molecule has 8 heteroatoms. The van der Waals surface area contributed by atoms with Crippen LogP contribution in [0.4, 0.5) is 0 Å². The summed E-state index contributed by atoms with van der Waals surface area (Å²) in [4.78, 5) is 18.8. The van der Waals surface area contributed by atoms with Crippen molar-refractivity contribution in [3.63, 3.8) is 0 Å². The lowest BCUT2D eigenvalue weighted by molar-refractivity contribution is -0.122. The van der Waals surface area contributed by atoms with E-state index in [-0.39, 0.29) is 29.9 Å². The number of halogens is 1. The van der Waals surface area contributed by atoms with Crippen molar-refractivity contribution in [1.29, 1.82) is 0 Å². The maximum absolute atomic E-state index is 11.9. The minimum absolute atomic E-state index is 0. The zero-order chi connectivity index (χ0) is 20.0. The lowest BCUT2D eigenvalue weighted by Crippen LogP contribution is -2.50. The molecule has 2 rings (SSSR count). The molecule has 1 saturated heterocycles. The molecule has 0 atom stereocenters. The fourth-order valence-electron chi connectivity index (χ4n) is 3.21. The van der Waals surface area contributed by atoms with Crippen molar-refractivity contribution in [3.8, 4) is 0 Å². The molecule has 166 valence electrons. The Hall–Kier alpha value is -1.29. The molecule has 0 aromatic carbocycles. The number of nitrogens with zero attached hydrogens (tertiary/aromatic N) is 2. The molecule has 0 bridgehead atoms. The molecule has 0 spiro atoms. The van der Waals surface area contributed by atoms with Gasteiger partial charge in [0.25, 0.3) is 0 Å². The number of hydrogen-bond acceptors (Lipinski definition) is 4. The van der Waals surface area contributed by atoms with Crippen LogP contribution in [-0.4, -0.2) is 62.1 Å². The summed E-state index contributed by atoms with van der Waals surface area (Å²) in [6, 6.07) is 4.31. The second-order valence-electron chi connectivity index (χ2n) is 7.38. The van der Waals surface area contributed by atoms with E-state index in [2.05, 4.69) is 34.7 Å². The summed E-state index contributed by atoms with van der Waals surface area (Å²) < 4.78 is 5.39. The van der Waals surface area contributed by atoms with Gasteiger partial charge in [-0.25, -0.2) is 0 Å². The quantitative estimate of drug-likeness (QED) is 0.181. The Morgan fingerprint density at radius 3 is 2.66 bits per heavy atom. The van der Waals surface area contributed by atoms with E-state index in [4.69, 9.17) is 9.41 Å². The van der Waals surface area contributed by atoms with E-state index in [0.717, 1.165) is 83.0 Å². The van der Waals surface area contributed by atoms with Crippen molar-refractivity contribution >= 4 is 35.8 Å². The molecule has 7 nitrogen and oxygen atoms in total. The molecule has 0 aliphatic carbocycles. The van der Waals surface area contributed by atoms with E-state index in [1.165, 1.54) is 0 Å². The van der Waals surface area contributed by atoms with Gasteiger partial charge in [0.2, 0.25) is 5.91 Å². The zero-order valence-corrected chi connectivity index (χ0v) is 20.2. The zero-order valence-electron chi connectivity index (χ0n) is 17.9. The van der Waals surface area contributed by atoms with Gasteiger partial charge in [0, 0.05) is 45.2 Å². The summed E-state index contributed by atoms with van der Waals surface area (Å²) in [7, 11) is 0. The number of likely N-dealkylation sites (tertiary alicyclic amines) is 1. The Bertz CT molecular complexity index is 572. The normalized spacial score (nSPS) is 15.6. The Balaban J connectivity index is 0.00000420. The van der Waals surface area contributed by atoms with Gasteiger partial charge in [0.15, 0.2) is 5.96 Å². The highest BCUT2D eigenvalue weighted by Gasteiger charge is 2.21. The fraction of sp³-hybridized carbons (Fsp3) is 0.714. The maximum Gasteiger partial charge on any atom is 0.234 e. The number of amides is 1. The topological polar surface area (TPSA) is 81.9 Å². The average Bonchev–Trinajstić information content (AvgIpc) is 3.21. The van der Waals surface area contributed by atoms with Crippen LogP contribution in [0.5, 0.6) is 0 Å². The molecule has 29 heavy (non-hydrogen) atoms. The van der Waals surface area contributed by atoms with Crippen LogP contribution in [0.1, 0.15) is 51.7 Å². The minimum atomic E-state index is 0. The number of guanidine groups is 1. The Morgan fingerprint density at radius 2 is 2.00 bits per heavy atom. The third kappa shape index (κ3) is 10.9. The van der Waals surface area contributed by atoms with E-state index in [0.29, 0.717) is 12.6 Å². The highest BCUT2D eigenvalue weighted by molar-refractivity contribution is 14.0. The predicted molar refractivity (Wildman–Crippen MR) is 129 cm³/mol. The van der Waals surface area contributed by atoms with Crippen LogP contribution in [-0.2, 0) is 11.2 Å². The first-order valence-electron chi connectivity index (χ1n) is 10.8. The maximum atomic E-state index is 11.9. The first kappa shape index (κ1) is 25.7. The highest BCUT2D eigenvalue weighted by atomic mass is 127. The Morgan fingerprint density at radius 1 is 1.21 bits per heavy atom. The Labute approximate surface area is 192 Å². The largest absolute Gasteiger partial charge is 0.469 e. The minimum Gasteiger partial charge on any atom is -0.469 e. The number of hydrogen-bond donors (Lipinski definition) is 3. The standard InChI is InChI=1S/C21H37N5O2.HI/c1-3-5-12-23-21(24-13-8-19-7-6-16-28-19)25-18-9-14-26(15-10-18)17-20(27)22-11-4-2;/h6-7,16,18H,3-5,8-15,17H2,1-2H3,(H,22,27)(H2,23,24,25);1H. The molecule has 0 unspecified atom stereocenters. The number of unbranched alkanes of at least 4 members (excludes halogenated alkanes) is 1. The SMILES string of the molecule is CCCCN=C(NCCc1ccco1)NC1CCN(CC(=O)NCCC)CC1.I. The van der Waals surface area contributed by atoms with E-state index in [1.807, 2.05) is 12.1 Å². The van der Waals surface area contributed by atoms with Gasteiger partial charge >= 0.3 is 0 Å². The summed E-state index contributed by atoms with van der Waals surface area (Å²) in [6.07, 6.45) is 7.80. The van der Waals surface area contributed by atoms with Crippen molar-refractivity contribution in [3.05, 3.63) is 24.2 Å². The molecule has 1 aromatic heterocycles. The van der Waals surface area contributed by atoms with Gasteiger partial charge in [-0.15, -0.1) is 24.0 Å². The van der Waals surface area contributed by atoms with Gasteiger partial charge in [-0.1, -0.05) is 20.3 Å². The van der Waals surface area contributed by atoms with Gasteiger partial charge in [-0.3, -0.25) is 14.7 Å². The van der Waals surface area contributed by atoms with Crippen LogP contribution >= 0.6 is 24.0 Å². The van der Waals surface area contributed by atoms with Crippen LogP contribution in [0, 0.1) is 0 Å². The predicted octanol–water partition coefficient (Wildman–Crippen LogP) is 2.77. The smallest absolute Gasteiger partial charge is 0.234 e. The van der Waals surface area contributed by atoms with Crippen LogP contribution < -0.4 is 16.0 Å². The van der Waals surface area contributed by atoms with Gasteiger partial charge < -0.3 is 20.4 Å². The molecule has 0 radical (unpaired) electrons. The van der Waals surface area contributed by atoms with Gasteiger partial charge in [0.05, 0.1) is 12.8 Å². The summed E-state index contributed by atoms with van der Waals surface area (Å²) >= 11 is 0. The van der Waals surface area contributed by atoms with Crippen molar-refractivity contribution in [1.82, 2.24) is 20.9 Å². The summed E-state index contributed by atoms with van der Waals surface area (Å²) in [5.41, 5.74) is 0. The third-order valence-corrected chi connectivity index (χ3v) is 4.89. The molecule has 1 aromatic rings. The first-order chi connectivity index (χ1) is 13.7. The van der Waals surface area contributed by atoms with E-state index in [9.17, 15) is 4.79 Å². The lowest BCUT2D eigenvalue weighted by Gasteiger charge is -2.32. The van der Waals surface area contributed by atoms with Crippen LogP contribution in [0.15, 0.2) is 27.8 Å². The molecule has 3 N–H and O–H groups in total. The summed E-state index contributed by atoms with van der Waals surface area (Å²) in [5, 5.41) is 9.97. The number of carbonyl (C=O) groups excluding carboxylic acids is 1. The molecule has 2 heterocycles. The van der Waals surface area contributed by atoms with E-state index in [1.54, 1.807) is 6.26 Å². The van der Waals surface area contributed by atoms with Gasteiger partial charge in [-0.2, -0.15) is 0 Å². The van der Waals surface area contributed by atoms with Crippen LogP contribution in [0.3, 0.4) is 0 Å². The Kier molecular flexibility index (Phi) is 13.8. The molecular weight excluding hydrogens is 481 g/mol. The monoisotopic (exact) mass is 519 g/mol. The molecule has 1 aliphatic rings. The number of rotatable bonds is 11. The highest BCUT2D eigenvalue weighted by Crippen LogP contribution is 2.10. The summed E-state index contributed by atoms with van der Waals surface area (Å²) in [6.45, 7) is 9.02. The number of aliphatic imine (C=N–C) groups is 1. The van der Waals surface area contributed by atoms with E-state index < -0.39 is 0 Å². The molecular formula is C21H38IN5O2. The average molecular weight is 519 g/mol. The van der Waals surface area contributed by atoms with Gasteiger partial charge in [-0.05, 0) is 37.8 Å². The van der Waals surface area contributed by atoms with Crippen molar-refractivity contribution in [2.24, 2.45) is 4.99 Å². The molecule has 1 fully saturated rings. The van der Waals surface area contributed by atoms with E-state index >= 15 is 0 Å². The van der Waals surface area contributed by atoms with Gasteiger partial charge in [0.1, 0.15) is 5.76 Å². The van der Waals surface area contributed by atoms with Crippen molar-refractivity contribution in [2.45, 2.75) is 58.4 Å². The number of carbonyl (C=O) groups is 1. The lowest BCUT2D eigenvalue weighted by atomic mass is 10.1. The number of nitrogens with one attached hydrogen (secondary N) is 3. The third-order valence-electron chi connectivity index (χ3n) is 4.89. The second-order valence-corrected chi connectivity index (χ2v) is 7.38. The first-order valence-corrected chi connectivity index (χ1v) is 10.8. The summed E-state index contributed by atoms with van der Waals surface area (Å²) in [5.74, 6) is 2.00. The van der Waals surface area contributed by atoms with Crippen LogP contribution in [0.2, 0.25) is 0 Å². The van der Waals surface area contributed by atoms with Crippen molar-refractivity contribution in [2.75, 3.05) is 39.3 Å². The number of piperidine rings is 1. The molecule has 1 aliphatic heterocycles. The number of furan rings is 1. The van der Waals surface area contributed by atoms with Crippen molar-refractivity contribution < 1.29 is 9.21 Å². The van der Waals surface area contributed by atoms with Crippen LogP contribution in [0.25, 0.3) is 0 Å². The molecule has 1 amide bonds. The molecule has 0 saturated carbocycles.